The van der Waals surface area contributed by atoms with Gasteiger partial charge in [-0.2, -0.15) is 0 Å². The van der Waals surface area contributed by atoms with Crippen LogP contribution < -0.4 is 0 Å². The van der Waals surface area contributed by atoms with Gasteiger partial charge in [0.05, 0.1) is 0 Å². The Kier molecular flexibility index (Phi) is 3.59. The quantitative estimate of drug-likeness (QED) is 0.631. The second-order valence-electron chi connectivity index (χ2n) is 3.01. The van der Waals surface area contributed by atoms with E-state index in [-0.39, 0.29) is 0 Å². The minimum atomic E-state index is 1.09. The Morgan fingerprint density at radius 3 is 2.42 bits per heavy atom. The van der Waals surface area contributed by atoms with E-state index in [0.29, 0.717) is 0 Å². The Morgan fingerprint density at radius 2 is 1.92 bits per heavy atom. The highest BCUT2D eigenvalue weighted by atomic mass is 14.0. The first-order chi connectivity index (χ1) is 5.86. The van der Waals surface area contributed by atoms with E-state index >= 15 is 0 Å². The molecule has 0 nitrogen and oxygen atoms in total. The van der Waals surface area contributed by atoms with E-state index in [0.717, 1.165) is 5.56 Å². The van der Waals surface area contributed by atoms with Gasteiger partial charge in [0.15, 0.2) is 0 Å². The average molecular weight is 159 g/mol. The van der Waals surface area contributed by atoms with Crippen molar-refractivity contribution < 1.29 is 0 Å². The highest BCUT2D eigenvalue weighted by Gasteiger charge is 1.91. The molecule has 1 radical (unpaired) electrons. The van der Waals surface area contributed by atoms with Gasteiger partial charge < -0.3 is 0 Å². The molecule has 0 aliphatic heterocycles. The molecule has 0 unspecified atom stereocenters. The smallest absolute Gasteiger partial charge is 0.0256 e. The molecule has 0 saturated carbocycles. The van der Waals surface area contributed by atoms with Gasteiger partial charge >= 0.3 is 0 Å². The summed E-state index contributed by atoms with van der Waals surface area (Å²) < 4.78 is 0. The Morgan fingerprint density at radius 1 is 1.25 bits per heavy atom. The van der Waals surface area contributed by atoms with Crippen molar-refractivity contribution in [2.75, 3.05) is 0 Å². The highest BCUT2D eigenvalue weighted by molar-refractivity contribution is 5.45. The Balaban J connectivity index is 2.58. The van der Waals surface area contributed by atoms with Gasteiger partial charge in [0.1, 0.15) is 0 Å². The molecule has 0 saturated heterocycles. The zero-order chi connectivity index (χ0) is 8.81. The fourth-order valence-corrected chi connectivity index (χ4v) is 1.18. The van der Waals surface area contributed by atoms with Gasteiger partial charge in [-0.3, -0.25) is 0 Å². The van der Waals surface area contributed by atoms with Gasteiger partial charge in [-0.15, -0.1) is 0 Å². The summed E-state index contributed by atoms with van der Waals surface area (Å²) in [5.74, 6) is 0. The summed E-state index contributed by atoms with van der Waals surface area (Å²) in [6.07, 6.45) is 5.33. The molecule has 0 N–H and O–H groups in total. The maximum Gasteiger partial charge on any atom is -0.0256 e. The van der Waals surface area contributed by atoms with Crippen LogP contribution in [0.5, 0.6) is 0 Å². The van der Waals surface area contributed by atoms with E-state index in [1.807, 2.05) is 0 Å². The van der Waals surface area contributed by atoms with Crippen LogP contribution >= 0.6 is 0 Å². The van der Waals surface area contributed by atoms with Gasteiger partial charge in [-0.25, -0.2) is 0 Å². The van der Waals surface area contributed by atoms with Crippen molar-refractivity contribution in [1.29, 1.82) is 0 Å². The number of unbranched alkanes of at least 4 members (excludes halogenated alkanes) is 1. The van der Waals surface area contributed by atoms with Crippen LogP contribution in [-0.2, 0) is 6.42 Å². The van der Waals surface area contributed by atoms with Crippen molar-refractivity contribution in [3.05, 3.63) is 42.0 Å². The molecule has 1 aromatic carbocycles. The molecule has 0 heterocycles. The summed E-state index contributed by atoms with van der Waals surface area (Å²) in [5, 5.41) is 0. The van der Waals surface area contributed by atoms with Gasteiger partial charge in [-0.1, -0.05) is 50.3 Å². The number of hydrogen-bond acceptors (Lipinski definition) is 0. The maximum absolute atomic E-state index is 5.38. The average Bonchev–Trinajstić information content (AvgIpc) is 2.15. The molecule has 0 aliphatic rings. The third kappa shape index (κ3) is 2.54. The molecule has 0 fully saturated rings. The molecule has 0 spiro atoms. The van der Waals surface area contributed by atoms with Crippen molar-refractivity contribution in [1.82, 2.24) is 0 Å². The van der Waals surface area contributed by atoms with E-state index in [4.69, 9.17) is 6.58 Å². The van der Waals surface area contributed by atoms with Gasteiger partial charge in [0.2, 0.25) is 0 Å². The van der Waals surface area contributed by atoms with Gasteiger partial charge in [0.25, 0.3) is 0 Å². The molecule has 1 aromatic rings. The first kappa shape index (κ1) is 9.05. The summed E-state index contributed by atoms with van der Waals surface area (Å²) in [4.78, 5) is 0. The zero-order valence-corrected chi connectivity index (χ0v) is 7.59. The lowest BCUT2D eigenvalue weighted by Crippen LogP contribution is -1.83. The molecule has 1 rings (SSSR count). The molecule has 0 heteroatoms. The summed E-state index contributed by atoms with van der Waals surface area (Å²) in [5.41, 5.74) is 2.50. The fraction of sp³-hybridized carbons (Fsp3) is 0.333. The monoisotopic (exact) mass is 159 g/mol. The van der Waals surface area contributed by atoms with Crippen molar-refractivity contribution in [3.63, 3.8) is 0 Å². The van der Waals surface area contributed by atoms with E-state index in [1.54, 1.807) is 6.08 Å². The lowest BCUT2D eigenvalue weighted by Gasteiger charge is -1.99. The third-order valence-electron chi connectivity index (χ3n) is 1.99. The zero-order valence-electron chi connectivity index (χ0n) is 7.59. The van der Waals surface area contributed by atoms with Crippen LogP contribution in [0.25, 0.3) is 6.08 Å². The Bertz CT molecular complexity index is 231. The van der Waals surface area contributed by atoms with Crippen LogP contribution in [0.4, 0.5) is 0 Å². The third-order valence-corrected chi connectivity index (χ3v) is 1.99. The highest BCUT2D eigenvalue weighted by Crippen LogP contribution is 2.08. The van der Waals surface area contributed by atoms with E-state index in [1.165, 1.54) is 24.8 Å². The van der Waals surface area contributed by atoms with Gasteiger partial charge in [-0.05, 0) is 24.0 Å². The molecule has 0 amide bonds. The van der Waals surface area contributed by atoms with Crippen LogP contribution in [0.3, 0.4) is 0 Å². The lowest BCUT2D eigenvalue weighted by atomic mass is 10.1. The SMILES string of the molecule is [CH]=Cc1ccc(CCCC)cc1. The molecule has 0 aromatic heterocycles. The molecule has 63 valence electrons. The number of benzene rings is 1. The normalized spacial score (nSPS) is 9.75. The molecular formula is C12H15. The van der Waals surface area contributed by atoms with Crippen molar-refractivity contribution in [3.8, 4) is 0 Å². The Hall–Kier alpha value is -1.04. The Labute approximate surface area is 74.9 Å². The standard InChI is InChI=1S/C12H15/c1-3-5-6-12-9-7-11(4-2)8-10-12/h2,4,7-10H,3,5-6H2,1H3. The summed E-state index contributed by atoms with van der Waals surface area (Å²) in [6.45, 7) is 7.59. The van der Waals surface area contributed by atoms with Crippen LogP contribution in [0.1, 0.15) is 30.9 Å². The first-order valence-electron chi connectivity index (χ1n) is 4.50. The summed E-state index contributed by atoms with van der Waals surface area (Å²) >= 11 is 0. The predicted octanol–water partition coefficient (Wildman–Crippen LogP) is 3.48. The predicted molar refractivity (Wildman–Crippen MR) is 53.8 cm³/mol. The first-order valence-corrected chi connectivity index (χ1v) is 4.50. The summed E-state index contributed by atoms with van der Waals surface area (Å²) in [7, 11) is 0. The molecule has 0 bridgehead atoms. The van der Waals surface area contributed by atoms with E-state index < -0.39 is 0 Å². The van der Waals surface area contributed by atoms with Crippen LogP contribution in [0, 0.1) is 6.58 Å². The molecule has 0 aliphatic carbocycles. The maximum atomic E-state index is 5.38. The second kappa shape index (κ2) is 4.76. The lowest BCUT2D eigenvalue weighted by molar-refractivity contribution is 0.795. The van der Waals surface area contributed by atoms with Crippen molar-refractivity contribution in [2.24, 2.45) is 0 Å². The van der Waals surface area contributed by atoms with Crippen LogP contribution in [0.2, 0.25) is 0 Å². The molecular weight excluding hydrogens is 144 g/mol. The number of aryl methyl sites for hydroxylation is 1. The molecule has 0 atom stereocenters. The fourth-order valence-electron chi connectivity index (χ4n) is 1.18. The number of rotatable bonds is 4. The molecule has 12 heavy (non-hydrogen) atoms. The van der Waals surface area contributed by atoms with Crippen LogP contribution in [-0.4, -0.2) is 0 Å². The van der Waals surface area contributed by atoms with Crippen LogP contribution in [0.15, 0.2) is 24.3 Å². The van der Waals surface area contributed by atoms with E-state index in [2.05, 4.69) is 31.2 Å². The largest absolute Gasteiger partial charge is 0.0654 e. The minimum absolute atomic E-state index is 1.09. The second-order valence-corrected chi connectivity index (χ2v) is 3.01. The van der Waals surface area contributed by atoms with Crippen molar-refractivity contribution >= 4 is 6.08 Å². The van der Waals surface area contributed by atoms with Crippen molar-refractivity contribution in [2.45, 2.75) is 26.2 Å². The number of hydrogen-bond donors (Lipinski definition) is 0. The van der Waals surface area contributed by atoms with Gasteiger partial charge in [0, 0.05) is 0 Å². The summed E-state index contributed by atoms with van der Waals surface area (Å²) in [6, 6.07) is 8.42. The minimum Gasteiger partial charge on any atom is -0.0654 e. The van der Waals surface area contributed by atoms with E-state index in [9.17, 15) is 0 Å². The topological polar surface area (TPSA) is 0 Å².